The second kappa shape index (κ2) is 11.7. The Morgan fingerprint density at radius 2 is 2.00 bits per heavy atom. The molecular formula is C23H30ClFN4O3S. The van der Waals surface area contributed by atoms with Gasteiger partial charge in [0.15, 0.2) is 5.82 Å². The molecule has 1 aromatic heterocycles. The fraction of sp³-hybridized carbons (Fsp3) is 0.565. The molecule has 2 aromatic rings. The molecule has 3 N–H and O–H groups in total. The van der Waals surface area contributed by atoms with Crippen LogP contribution in [0.4, 0.5) is 16.0 Å². The highest BCUT2D eigenvalue weighted by Gasteiger charge is 2.33. The summed E-state index contributed by atoms with van der Waals surface area (Å²) >= 11 is 7.92. The Labute approximate surface area is 202 Å². The van der Waals surface area contributed by atoms with Gasteiger partial charge in [0, 0.05) is 31.3 Å². The molecular weight excluding hydrogens is 467 g/mol. The number of aliphatic hydroxyl groups excluding tert-OH is 1. The third-order valence-electron chi connectivity index (χ3n) is 5.93. The highest BCUT2D eigenvalue weighted by molar-refractivity contribution is 7.99. The Hall–Kier alpha value is -1.65. The van der Waals surface area contributed by atoms with Gasteiger partial charge in [-0.3, -0.25) is 0 Å². The average Bonchev–Trinajstić information content (AvgIpc) is 3.36. The number of hydrogen-bond acceptors (Lipinski definition) is 8. The van der Waals surface area contributed by atoms with E-state index >= 15 is 0 Å². The maximum atomic E-state index is 13.7. The number of anilines is 2. The second-order valence-electron chi connectivity index (χ2n) is 8.33. The Balaban J connectivity index is 1.55. The Kier molecular flexibility index (Phi) is 8.65. The summed E-state index contributed by atoms with van der Waals surface area (Å²) in [4.78, 5) is 9.30. The molecule has 2 fully saturated rings. The number of rotatable bonds is 10. The molecule has 2 aliphatic heterocycles. The summed E-state index contributed by atoms with van der Waals surface area (Å²) in [5, 5.41) is 16.1. The van der Waals surface area contributed by atoms with Crippen molar-refractivity contribution >= 4 is 35.0 Å². The number of nitrogens with zero attached hydrogens (tertiary/aromatic N) is 2. The van der Waals surface area contributed by atoms with Gasteiger partial charge in [-0.1, -0.05) is 11.6 Å². The summed E-state index contributed by atoms with van der Waals surface area (Å²) in [6, 6.07) is 6.33. The Morgan fingerprint density at radius 1 is 1.21 bits per heavy atom. The predicted octanol–water partition coefficient (Wildman–Crippen LogP) is 4.21. The van der Waals surface area contributed by atoms with Gasteiger partial charge in [-0.05, 0) is 55.4 Å². The van der Waals surface area contributed by atoms with E-state index < -0.39 is 5.82 Å². The van der Waals surface area contributed by atoms with Crippen molar-refractivity contribution in [3.63, 3.8) is 0 Å². The van der Waals surface area contributed by atoms with Crippen LogP contribution in [0.1, 0.15) is 25.7 Å². The minimum absolute atomic E-state index is 0.00478. The minimum atomic E-state index is -0.482. The zero-order valence-electron chi connectivity index (χ0n) is 18.5. The first-order chi connectivity index (χ1) is 16.1. The standard InChI is InChI=1S/C23H30ClFN4O3S/c24-18-12-16(3-4-19(18)25)22-28-20(26-14-17-2-1-8-31-17)13-21(29-22)27-15-23(32-9-7-30)5-10-33-11-6-23/h3-4,12-13,17,30H,1-2,5-11,14-15H2,(H2,26,27,28,29)/t17-/m1/s1. The minimum Gasteiger partial charge on any atom is -0.394 e. The van der Waals surface area contributed by atoms with E-state index in [0.717, 1.165) is 43.8 Å². The summed E-state index contributed by atoms with van der Waals surface area (Å²) in [6.45, 7) is 2.31. The van der Waals surface area contributed by atoms with E-state index in [2.05, 4.69) is 20.6 Å². The van der Waals surface area contributed by atoms with E-state index in [4.69, 9.17) is 21.1 Å². The molecule has 7 nitrogen and oxygen atoms in total. The van der Waals surface area contributed by atoms with Gasteiger partial charge >= 0.3 is 0 Å². The summed E-state index contributed by atoms with van der Waals surface area (Å²) in [7, 11) is 0. The number of hydrogen-bond donors (Lipinski definition) is 3. The maximum Gasteiger partial charge on any atom is 0.163 e. The van der Waals surface area contributed by atoms with E-state index in [9.17, 15) is 9.50 Å². The molecule has 4 rings (SSSR count). The molecule has 0 spiro atoms. The van der Waals surface area contributed by atoms with Gasteiger partial charge in [-0.2, -0.15) is 11.8 Å². The summed E-state index contributed by atoms with van der Waals surface area (Å²) < 4.78 is 25.5. The van der Waals surface area contributed by atoms with Crippen molar-refractivity contribution in [1.82, 2.24) is 9.97 Å². The summed E-state index contributed by atoms with van der Waals surface area (Å²) in [6.07, 6.45) is 4.05. The summed E-state index contributed by atoms with van der Waals surface area (Å²) in [5.41, 5.74) is 0.286. The fourth-order valence-corrected chi connectivity index (χ4v) is 5.46. The zero-order valence-corrected chi connectivity index (χ0v) is 20.1. The topological polar surface area (TPSA) is 88.5 Å². The monoisotopic (exact) mass is 496 g/mol. The molecule has 0 aliphatic carbocycles. The lowest BCUT2D eigenvalue weighted by molar-refractivity contribution is -0.0542. The number of aromatic nitrogens is 2. The van der Waals surface area contributed by atoms with Crippen LogP contribution in [-0.4, -0.2) is 71.2 Å². The highest BCUT2D eigenvalue weighted by atomic mass is 35.5. The number of thioether (sulfide) groups is 1. The number of aliphatic hydroxyl groups is 1. The normalized spacial score (nSPS) is 20.0. The number of nitrogens with one attached hydrogen (secondary N) is 2. The first-order valence-electron chi connectivity index (χ1n) is 11.3. The van der Waals surface area contributed by atoms with Crippen molar-refractivity contribution in [2.45, 2.75) is 37.4 Å². The first kappa shape index (κ1) is 24.5. The van der Waals surface area contributed by atoms with Gasteiger partial charge < -0.3 is 25.2 Å². The van der Waals surface area contributed by atoms with Crippen LogP contribution in [0.2, 0.25) is 5.02 Å². The van der Waals surface area contributed by atoms with Crippen molar-refractivity contribution in [3.8, 4) is 11.4 Å². The van der Waals surface area contributed by atoms with Crippen LogP contribution < -0.4 is 10.6 Å². The lowest BCUT2D eigenvalue weighted by Crippen LogP contribution is -2.44. The molecule has 1 atom stereocenters. The van der Waals surface area contributed by atoms with Crippen molar-refractivity contribution in [2.24, 2.45) is 0 Å². The van der Waals surface area contributed by atoms with E-state index in [-0.39, 0.29) is 23.3 Å². The molecule has 33 heavy (non-hydrogen) atoms. The van der Waals surface area contributed by atoms with Crippen molar-refractivity contribution in [2.75, 3.05) is 55.0 Å². The Bertz CT molecular complexity index is 927. The lowest BCUT2D eigenvalue weighted by Gasteiger charge is -2.37. The lowest BCUT2D eigenvalue weighted by atomic mass is 9.96. The quantitative estimate of drug-likeness (QED) is 0.450. The van der Waals surface area contributed by atoms with Crippen molar-refractivity contribution in [3.05, 3.63) is 35.1 Å². The molecule has 0 unspecified atom stereocenters. The van der Waals surface area contributed by atoms with Gasteiger partial charge in [0.1, 0.15) is 17.5 Å². The molecule has 0 bridgehead atoms. The number of benzene rings is 1. The van der Waals surface area contributed by atoms with Crippen LogP contribution >= 0.6 is 23.4 Å². The smallest absolute Gasteiger partial charge is 0.163 e. The fourth-order valence-electron chi connectivity index (χ4n) is 4.05. The highest BCUT2D eigenvalue weighted by Crippen LogP contribution is 2.31. The molecule has 0 amide bonds. The van der Waals surface area contributed by atoms with Crippen LogP contribution in [0.3, 0.4) is 0 Å². The van der Waals surface area contributed by atoms with Crippen LogP contribution in [0.5, 0.6) is 0 Å². The largest absolute Gasteiger partial charge is 0.394 e. The summed E-state index contributed by atoms with van der Waals surface area (Å²) in [5.74, 6) is 3.30. The van der Waals surface area contributed by atoms with E-state index in [1.165, 1.54) is 12.1 Å². The SMILES string of the molecule is OCCOC1(CNc2cc(NC[C@H]3CCCO3)nc(-c3ccc(F)c(Cl)c3)n2)CCSCC1. The zero-order chi connectivity index (χ0) is 23.1. The van der Waals surface area contributed by atoms with Crippen LogP contribution in [0, 0.1) is 5.82 Å². The van der Waals surface area contributed by atoms with Crippen LogP contribution in [0.25, 0.3) is 11.4 Å². The van der Waals surface area contributed by atoms with Crippen LogP contribution in [0.15, 0.2) is 24.3 Å². The van der Waals surface area contributed by atoms with E-state index in [0.29, 0.717) is 42.7 Å². The number of ether oxygens (including phenoxy) is 2. The average molecular weight is 497 g/mol. The number of halogens is 2. The van der Waals surface area contributed by atoms with Crippen molar-refractivity contribution < 1.29 is 19.0 Å². The van der Waals surface area contributed by atoms with E-state index in [1.54, 1.807) is 6.07 Å². The molecule has 10 heteroatoms. The van der Waals surface area contributed by atoms with Gasteiger partial charge in [0.25, 0.3) is 0 Å². The molecule has 0 radical (unpaired) electrons. The predicted molar refractivity (Wildman–Crippen MR) is 131 cm³/mol. The maximum absolute atomic E-state index is 13.7. The third-order valence-corrected chi connectivity index (χ3v) is 7.21. The van der Waals surface area contributed by atoms with Gasteiger partial charge in [0.2, 0.25) is 0 Å². The van der Waals surface area contributed by atoms with Gasteiger partial charge in [-0.15, -0.1) is 0 Å². The van der Waals surface area contributed by atoms with Gasteiger partial charge in [-0.25, -0.2) is 14.4 Å². The van der Waals surface area contributed by atoms with E-state index in [1.807, 2.05) is 17.8 Å². The molecule has 0 saturated carbocycles. The van der Waals surface area contributed by atoms with Gasteiger partial charge in [0.05, 0.1) is 29.9 Å². The molecule has 2 saturated heterocycles. The molecule has 1 aromatic carbocycles. The van der Waals surface area contributed by atoms with Crippen molar-refractivity contribution in [1.29, 1.82) is 0 Å². The second-order valence-corrected chi connectivity index (χ2v) is 9.96. The third kappa shape index (κ3) is 6.70. The molecule has 180 valence electrons. The Morgan fingerprint density at radius 3 is 2.70 bits per heavy atom. The molecule has 3 heterocycles. The van der Waals surface area contributed by atoms with Crippen LogP contribution in [-0.2, 0) is 9.47 Å². The first-order valence-corrected chi connectivity index (χ1v) is 12.9. The molecule has 2 aliphatic rings.